The first-order chi connectivity index (χ1) is 11.1. The number of hydrogen-bond donors (Lipinski definition) is 2. The predicted molar refractivity (Wildman–Crippen MR) is 91.8 cm³/mol. The van der Waals surface area contributed by atoms with Crippen molar-refractivity contribution in [2.24, 2.45) is 5.92 Å². The zero-order valence-electron chi connectivity index (χ0n) is 13.5. The quantitative estimate of drug-likeness (QED) is 0.873. The number of anilines is 3. The van der Waals surface area contributed by atoms with Gasteiger partial charge >= 0.3 is 0 Å². The van der Waals surface area contributed by atoms with Gasteiger partial charge in [-0.25, -0.2) is 0 Å². The zero-order valence-corrected chi connectivity index (χ0v) is 13.5. The molecule has 1 heterocycles. The van der Waals surface area contributed by atoms with Gasteiger partial charge in [0.05, 0.1) is 0 Å². The van der Waals surface area contributed by atoms with Crippen LogP contribution in [0.5, 0.6) is 0 Å². The largest absolute Gasteiger partial charge is 0.338 e. The second-order valence-corrected chi connectivity index (χ2v) is 6.29. The third kappa shape index (κ3) is 3.67. The number of aromatic nitrogens is 2. The first-order valence-corrected chi connectivity index (χ1v) is 8.14. The molecule has 2 aromatic rings. The Kier molecular flexibility index (Phi) is 4.55. The third-order valence-corrected chi connectivity index (χ3v) is 4.24. The highest BCUT2D eigenvalue weighted by molar-refractivity contribution is 5.92. The molecule has 1 aliphatic carbocycles. The smallest absolute Gasteiger partial charge is 0.228 e. The molecule has 0 aliphatic heterocycles. The van der Waals surface area contributed by atoms with Gasteiger partial charge in [0.1, 0.15) is 0 Å². The Morgan fingerprint density at radius 2 is 1.78 bits per heavy atom. The molecule has 1 fully saturated rings. The molecule has 1 amide bonds. The highest BCUT2D eigenvalue weighted by Crippen LogP contribution is 2.28. The van der Waals surface area contributed by atoms with Crippen LogP contribution >= 0.6 is 0 Å². The topological polar surface area (TPSA) is 66.9 Å². The van der Waals surface area contributed by atoms with E-state index in [1.54, 1.807) is 6.07 Å². The summed E-state index contributed by atoms with van der Waals surface area (Å²) in [5.41, 5.74) is 2.26. The normalized spacial score (nSPS) is 14.4. The van der Waals surface area contributed by atoms with Crippen LogP contribution in [-0.2, 0) is 4.79 Å². The van der Waals surface area contributed by atoms with Gasteiger partial charge in [0, 0.05) is 11.6 Å². The molecule has 0 saturated heterocycles. The van der Waals surface area contributed by atoms with Crippen molar-refractivity contribution in [1.82, 2.24) is 10.2 Å². The Balaban J connectivity index is 1.67. The molecule has 0 radical (unpaired) electrons. The molecule has 120 valence electrons. The molecule has 1 aromatic heterocycles. The van der Waals surface area contributed by atoms with E-state index < -0.39 is 0 Å². The Morgan fingerprint density at radius 3 is 2.39 bits per heavy atom. The summed E-state index contributed by atoms with van der Waals surface area (Å²) in [7, 11) is 0. The fourth-order valence-corrected chi connectivity index (χ4v) is 2.62. The molecular weight excluding hydrogens is 288 g/mol. The number of para-hydroxylation sites is 1. The van der Waals surface area contributed by atoms with Gasteiger partial charge < -0.3 is 10.6 Å². The van der Waals surface area contributed by atoms with Crippen LogP contribution < -0.4 is 10.6 Å². The summed E-state index contributed by atoms with van der Waals surface area (Å²) in [5, 5.41) is 14.4. The van der Waals surface area contributed by atoms with Crippen LogP contribution in [-0.4, -0.2) is 16.1 Å². The van der Waals surface area contributed by atoms with Crippen LogP contribution in [0.2, 0.25) is 0 Å². The minimum Gasteiger partial charge on any atom is -0.338 e. The highest BCUT2D eigenvalue weighted by Gasteiger charge is 2.25. The molecule has 1 saturated carbocycles. The van der Waals surface area contributed by atoms with E-state index in [9.17, 15) is 4.79 Å². The summed E-state index contributed by atoms with van der Waals surface area (Å²) >= 11 is 0. The minimum absolute atomic E-state index is 0.0522. The predicted octanol–water partition coefficient (Wildman–Crippen LogP) is 4.08. The van der Waals surface area contributed by atoms with E-state index in [0.29, 0.717) is 17.6 Å². The lowest BCUT2D eigenvalue weighted by atomic mass is 9.85. The standard InChI is InChI=1S/C18H22N4O/c1-12(2)14-8-3-4-9-15(14)19-16-10-11-17(22-21-16)20-18(23)13-6-5-7-13/h3-4,8-13H,5-7H2,1-2H3,(H,19,21)(H,20,22,23). The maximum Gasteiger partial charge on any atom is 0.228 e. The van der Waals surface area contributed by atoms with Crippen molar-refractivity contribution in [3.8, 4) is 0 Å². The number of rotatable bonds is 5. The number of nitrogens with one attached hydrogen (secondary N) is 2. The molecule has 1 aliphatic rings. The number of benzene rings is 1. The maximum atomic E-state index is 11.9. The van der Waals surface area contributed by atoms with Crippen LogP contribution in [0, 0.1) is 5.92 Å². The summed E-state index contributed by atoms with van der Waals surface area (Å²) < 4.78 is 0. The molecule has 0 spiro atoms. The van der Waals surface area contributed by atoms with E-state index in [2.05, 4.69) is 40.7 Å². The van der Waals surface area contributed by atoms with Crippen molar-refractivity contribution >= 4 is 23.2 Å². The van der Waals surface area contributed by atoms with Crippen molar-refractivity contribution in [2.75, 3.05) is 10.6 Å². The van der Waals surface area contributed by atoms with Crippen molar-refractivity contribution in [3.63, 3.8) is 0 Å². The summed E-state index contributed by atoms with van der Waals surface area (Å²) in [5.74, 6) is 1.79. The van der Waals surface area contributed by atoms with Gasteiger partial charge in [0.25, 0.3) is 0 Å². The average molecular weight is 310 g/mol. The van der Waals surface area contributed by atoms with E-state index in [4.69, 9.17) is 0 Å². The van der Waals surface area contributed by atoms with E-state index in [1.165, 1.54) is 5.56 Å². The molecule has 2 N–H and O–H groups in total. The van der Waals surface area contributed by atoms with Crippen molar-refractivity contribution in [3.05, 3.63) is 42.0 Å². The molecule has 3 rings (SSSR count). The van der Waals surface area contributed by atoms with Gasteiger partial charge in [0.2, 0.25) is 5.91 Å². The van der Waals surface area contributed by atoms with Gasteiger partial charge in [-0.05, 0) is 42.5 Å². The first-order valence-electron chi connectivity index (χ1n) is 8.14. The number of carbonyl (C=O) groups excluding carboxylic acids is 1. The SMILES string of the molecule is CC(C)c1ccccc1Nc1ccc(NC(=O)C2CCC2)nn1. The summed E-state index contributed by atoms with van der Waals surface area (Å²) in [4.78, 5) is 11.9. The molecule has 5 nitrogen and oxygen atoms in total. The second-order valence-electron chi connectivity index (χ2n) is 6.29. The van der Waals surface area contributed by atoms with Gasteiger partial charge in [0.15, 0.2) is 11.6 Å². The Labute approximate surface area is 136 Å². The summed E-state index contributed by atoms with van der Waals surface area (Å²) in [6.07, 6.45) is 3.09. The maximum absolute atomic E-state index is 11.9. The second kappa shape index (κ2) is 6.77. The van der Waals surface area contributed by atoms with Crippen molar-refractivity contribution < 1.29 is 4.79 Å². The third-order valence-electron chi connectivity index (χ3n) is 4.24. The molecule has 5 heteroatoms. The molecular formula is C18H22N4O. The van der Waals surface area contributed by atoms with E-state index in [1.807, 2.05) is 24.3 Å². The van der Waals surface area contributed by atoms with Gasteiger partial charge in [-0.2, -0.15) is 0 Å². The minimum atomic E-state index is 0.0522. The lowest BCUT2D eigenvalue weighted by molar-refractivity contribution is -0.122. The van der Waals surface area contributed by atoms with Gasteiger partial charge in [-0.1, -0.05) is 38.5 Å². The lowest BCUT2D eigenvalue weighted by Gasteiger charge is -2.23. The Hall–Kier alpha value is -2.43. The molecule has 0 bridgehead atoms. The fraction of sp³-hybridized carbons (Fsp3) is 0.389. The summed E-state index contributed by atoms with van der Waals surface area (Å²) in [6, 6.07) is 11.8. The highest BCUT2D eigenvalue weighted by atomic mass is 16.2. The van der Waals surface area contributed by atoms with Crippen LogP contribution in [0.3, 0.4) is 0 Å². The number of hydrogen-bond acceptors (Lipinski definition) is 4. The van der Waals surface area contributed by atoms with E-state index >= 15 is 0 Å². The van der Waals surface area contributed by atoms with E-state index in [0.717, 1.165) is 24.9 Å². The summed E-state index contributed by atoms with van der Waals surface area (Å²) in [6.45, 7) is 4.32. The average Bonchev–Trinajstić information content (AvgIpc) is 2.48. The van der Waals surface area contributed by atoms with E-state index in [-0.39, 0.29) is 11.8 Å². The molecule has 23 heavy (non-hydrogen) atoms. The first kappa shape index (κ1) is 15.5. The fourth-order valence-electron chi connectivity index (χ4n) is 2.62. The lowest BCUT2D eigenvalue weighted by Crippen LogP contribution is -2.28. The number of carbonyl (C=O) groups is 1. The Morgan fingerprint density at radius 1 is 1.09 bits per heavy atom. The number of nitrogens with zero attached hydrogens (tertiary/aromatic N) is 2. The van der Waals surface area contributed by atoms with Crippen LogP contribution in [0.15, 0.2) is 36.4 Å². The molecule has 0 atom stereocenters. The van der Waals surface area contributed by atoms with Gasteiger partial charge in [-0.15, -0.1) is 10.2 Å². The Bertz CT molecular complexity index is 678. The van der Waals surface area contributed by atoms with Crippen molar-refractivity contribution in [2.45, 2.75) is 39.0 Å². The number of amides is 1. The van der Waals surface area contributed by atoms with Crippen LogP contribution in [0.4, 0.5) is 17.3 Å². The van der Waals surface area contributed by atoms with Crippen LogP contribution in [0.25, 0.3) is 0 Å². The van der Waals surface area contributed by atoms with Crippen molar-refractivity contribution in [1.29, 1.82) is 0 Å². The molecule has 0 unspecified atom stereocenters. The van der Waals surface area contributed by atoms with Gasteiger partial charge in [-0.3, -0.25) is 4.79 Å². The monoisotopic (exact) mass is 310 g/mol. The molecule has 1 aromatic carbocycles. The van der Waals surface area contributed by atoms with Crippen LogP contribution in [0.1, 0.15) is 44.6 Å². The zero-order chi connectivity index (χ0) is 16.2.